The van der Waals surface area contributed by atoms with E-state index in [1.807, 2.05) is 19.9 Å². The fourth-order valence-electron chi connectivity index (χ4n) is 2.63. The number of halogens is 1. The second-order valence-corrected chi connectivity index (χ2v) is 6.73. The molecule has 0 saturated heterocycles. The van der Waals surface area contributed by atoms with E-state index in [9.17, 15) is 9.59 Å². The number of amides is 2. The average Bonchev–Trinajstić information content (AvgIpc) is 2.61. The molecule has 1 heterocycles. The third-order valence-electron chi connectivity index (χ3n) is 4.00. The van der Waals surface area contributed by atoms with Crippen LogP contribution in [0.2, 0.25) is 5.02 Å². The number of benzene rings is 1. The molecule has 0 aliphatic heterocycles. The standard InChI is InChI=1S/C20H24ClN3O2/c1-4-5-6-7-23-19(25)15-10-16(12-22-11-15)20(26)24-18-14(3)8-13(2)9-17(18)21/h8-12H,4-7H2,1-3H3,(H,23,25)(H,24,26). The summed E-state index contributed by atoms with van der Waals surface area (Å²) in [5.74, 6) is -0.584. The first-order valence-corrected chi connectivity index (χ1v) is 9.11. The summed E-state index contributed by atoms with van der Waals surface area (Å²) in [6.45, 7) is 6.54. The van der Waals surface area contributed by atoms with Crippen LogP contribution < -0.4 is 10.6 Å². The molecule has 0 fully saturated rings. The molecular weight excluding hydrogens is 350 g/mol. The van der Waals surface area contributed by atoms with Crippen molar-refractivity contribution in [2.45, 2.75) is 40.0 Å². The van der Waals surface area contributed by atoms with Crippen LogP contribution in [0.15, 0.2) is 30.6 Å². The van der Waals surface area contributed by atoms with Gasteiger partial charge in [0.25, 0.3) is 11.8 Å². The summed E-state index contributed by atoms with van der Waals surface area (Å²) in [5, 5.41) is 6.13. The predicted octanol–water partition coefficient (Wildman–Crippen LogP) is 4.52. The first kappa shape index (κ1) is 19.9. The van der Waals surface area contributed by atoms with Crippen molar-refractivity contribution in [1.82, 2.24) is 10.3 Å². The number of rotatable bonds is 7. The van der Waals surface area contributed by atoms with E-state index in [4.69, 9.17) is 11.6 Å². The predicted molar refractivity (Wildman–Crippen MR) is 105 cm³/mol. The minimum Gasteiger partial charge on any atom is -0.352 e. The lowest BCUT2D eigenvalue weighted by Crippen LogP contribution is -2.25. The number of hydrogen-bond donors (Lipinski definition) is 2. The van der Waals surface area contributed by atoms with Crippen molar-refractivity contribution in [3.8, 4) is 0 Å². The maximum absolute atomic E-state index is 12.5. The van der Waals surface area contributed by atoms with Crippen LogP contribution in [0.5, 0.6) is 0 Å². The first-order valence-electron chi connectivity index (χ1n) is 8.73. The minimum absolute atomic E-state index is 0.229. The van der Waals surface area contributed by atoms with E-state index in [-0.39, 0.29) is 11.8 Å². The van der Waals surface area contributed by atoms with E-state index in [0.29, 0.717) is 28.4 Å². The molecule has 0 unspecified atom stereocenters. The Hall–Kier alpha value is -2.40. The van der Waals surface area contributed by atoms with Gasteiger partial charge < -0.3 is 10.6 Å². The van der Waals surface area contributed by atoms with Crippen LogP contribution in [-0.2, 0) is 0 Å². The van der Waals surface area contributed by atoms with Gasteiger partial charge in [-0.05, 0) is 43.5 Å². The number of aryl methyl sites for hydroxylation is 2. The number of anilines is 1. The highest BCUT2D eigenvalue weighted by Crippen LogP contribution is 2.27. The maximum atomic E-state index is 12.5. The van der Waals surface area contributed by atoms with Gasteiger partial charge in [0.1, 0.15) is 0 Å². The number of aromatic nitrogens is 1. The molecule has 2 aromatic rings. The van der Waals surface area contributed by atoms with Crippen molar-refractivity contribution in [3.05, 3.63) is 57.9 Å². The normalized spacial score (nSPS) is 10.5. The number of nitrogens with one attached hydrogen (secondary N) is 2. The van der Waals surface area contributed by atoms with Crippen LogP contribution in [0.4, 0.5) is 5.69 Å². The Labute approximate surface area is 159 Å². The number of carbonyl (C=O) groups excluding carboxylic acids is 2. The van der Waals surface area contributed by atoms with Crippen molar-refractivity contribution in [2.24, 2.45) is 0 Å². The van der Waals surface area contributed by atoms with Gasteiger partial charge in [-0.2, -0.15) is 0 Å². The minimum atomic E-state index is -0.355. The lowest BCUT2D eigenvalue weighted by atomic mass is 10.1. The maximum Gasteiger partial charge on any atom is 0.257 e. The highest BCUT2D eigenvalue weighted by atomic mass is 35.5. The van der Waals surface area contributed by atoms with Gasteiger partial charge in [0, 0.05) is 18.9 Å². The van der Waals surface area contributed by atoms with E-state index >= 15 is 0 Å². The molecule has 1 aromatic heterocycles. The third kappa shape index (κ3) is 5.30. The Morgan fingerprint density at radius 2 is 1.73 bits per heavy atom. The summed E-state index contributed by atoms with van der Waals surface area (Å²) < 4.78 is 0. The van der Waals surface area contributed by atoms with E-state index in [1.165, 1.54) is 18.5 Å². The number of nitrogens with zero attached hydrogens (tertiary/aromatic N) is 1. The quantitative estimate of drug-likeness (QED) is 0.700. The van der Waals surface area contributed by atoms with E-state index < -0.39 is 0 Å². The van der Waals surface area contributed by atoms with Crippen LogP contribution in [0.1, 0.15) is 58.0 Å². The summed E-state index contributed by atoms with van der Waals surface area (Å²) in [6, 6.07) is 5.28. The molecule has 0 aliphatic rings. The van der Waals surface area contributed by atoms with Crippen LogP contribution in [0, 0.1) is 13.8 Å². The summed E-state index contributed by atoms with van der Waals surface area (Å²) in [5.41, 5.74) is 3.13. The molecule has 0 radical (unpaired) electrons. The zero-order valence-electron chi connectivity index (χ0n) is 15.4. The molecular formula is C20H24ClN3O2. The molecule has 6 heteroatoms. The molecule has 5 nitrogen and oxygen atoms in total. The Balaban J connectivity index is 2.10. The number of carbonyl (C=O) groups is 2. The van der Waals surface area contributed by atoms with Gasteiger partial charge in [-0.25, -0.2) is 0 Å². The highest BCUT2D eigenvalue weighted by molar-refractivity contribution is 6.34. The zero-order chi connectivity index (χ0) is 19.1. The second-order valence-electron chi connectivity index (χ2n) is 6.32. The second kappa shape index (κ2) is 9.34. The molecule has 0 atom stereocenters. The summed E-state index contributed by atoms with van der Waals surface area (Å²) in [7, 11) is 0. The van der Waals surface area contributed by atoms with Gasteiger partial charge in [-0.15, -0.1) is 0 Å². The van der Waals surface area contributed by atoms with E-state index in [1.54, 1.807) is 6.07 Å². The monoisotopic (exact) mass is 373 g/mol. The lowest BCUT2D eigenvalue weighted by molar-refractivity contribution is 0.0952. The molecule has 2 N–H and O–H groups in total. The average molecular weight is 374 g/mol. The van der Waals surface area contributed by atoms with Crippen molar-refractivity contribution in [2.75, 3.05) is 11.9 Å². The molecule has 0 bridgehead atoms. The Morgan fingerprint density at radius 1 is 1.04 bits per heavy atom. The first-order chi connectivity index (χ1) is 12.4. The summed E-state index contributed by atoms with van der Waals surface area (Å²) in [6.07, 6.45) is 5.98. The molecule has 2 rings (SSSR count). The van der Waals surface area contributed by atoms with Crippen molar-refractivity contribution in [3.63, 3.8) is 0 Å². The largest absolute Gasteiger partial charge is 0.352 e. The van der Waals surface area contributed by atoms with Crippen molar-refractivity contribution >= 4 is 29.1 Å². The molecule has 26 heavy (non-hydrogen) atoms. The molecule has 2 amide bonds. The zero-order valence-corrected chi connectivity index (χ0v) is 16.1. The number of hydrogen-bond acceptors (Lipinski definition) is 3. The Kier molecular flexibility index (Phi) is 7.16. The van der Waals surface area contributed by atoms with Crippen molar-refractivity contribution in [1.29, 1.82) is 0 Å². The topological polar surface area (TPSA) is 71.1 Å². The van der Waals surface area contributed by atoms with Crippen LogP contribution >= 0.6 is 11.6 Å². The van der Waals surface area contributed by atoms with Crippen LogP contribution in [0.3, 0.4) is 0 Å². The van der Waals surface area contributed by atoms with Gasteiger partial charge in [0.15, 0.2) is 0 Å². The van der Waals surface area contributed by atoms with Crippen LogP contribution in [0.25, 0.3) is 0 Å². The number of unbranched alkanes of at least 4 members (excludes halogenated alkanes) is 2. The molecule has 138 valence electrons. The third-order valence-corrected chi connectivity index (χ3v) is 4.30. The van der Waals surface area contributed by atoms with Gasteiger partial charge in [-0.3, -0.25) is 14.6 Å². The molecule has 0 aliphatic carbocycles. The van der Waals surface area contributed by atoms with Crippen molar-refractivity contribution < 1.29 is 9.59 Å². The molecule has 0 spiro atoms. The van der Waals surface area contributed by atoms with E-state index in [2.05, 4.69) is 22.5 Å². The molecule has 0 saturated carbocycles. The lowest BCUT2D eigenvalue weighted by Gasteiger charge is -2.12. The van der Waals surface area contributed by atoms with Gasteiger partial charge >= 0.3 is 0 Å². The van der Waals surface area contributed by atoms with E-state index in [0.717, 1.165) is 30.4 Å². The summed E-state index contributed by atoms with van der Waals surface area (Å²) in [4.78, 5) is 28.7. The smallest absolute Gasteiger partial charge is 0.257 e. The SMILES string of the molecule is CCCCCNC(=O)c1cncc(C(=O)Nc2c(C)cc(C)cc2Cl)c1. The van der Waals surface area contributed by atoms with Gasteiger partial charge in [0.05, 0.1) is 21.8 Å². The fraction of sp³-hybridized carbons (Fsp3) is 0.350. The Morgan fingerprint density at radius 3 is 2.38 bits per heavy atom. The Bertz CT molecular complexity index is 782. The highest BCUT2D eigenvalue weighted by Gasteiger charge is 2.14. The van der Waals surface area contributed by atoms with Gasteiger partial charge in [0.2, 0.25) is 0 Å². The van der Waals surface area contributed by atoms with Gasteiger partial charge in [-0.1, -0.05) is 37.4 Å². The molecule has 1 aromatic carbocycles. The van der Waals surface area contributed by atoms with Crippen LogP contribution in [-0.4, -0.2) is 23.3 Å². The number of pyridine rings is 1. The summed E-state index contributed by atoms with van der Waals surface area (Å²) >= 11 is 6.24. The fourth-order valence-corrected chi connectivity index (χ4v) is 3.00.